The molecule has 0 atom stereocenters. The molecule has 4 aromatic rings. The number of hydrogen-bond donors (Lipinski definition) is 1. The summed E-state index contributed by atoms with van der Waals surface area (Å²) in [5.74, 6) is 0.222. The van der Waals surface area contributed by atoms with E-state index in [9.17, 15) is 14.0 Å². The smallest absolute Gasteiger partial charge is 0.223 e. The van der Waals surface area contributed by atoms with E-state index in [0.717, 1.165) is 77.7 Å². The van der Waals surface area contributed by atoms with Crippen molar-refractivity contribution in [3.8, 4) is 11.3 Å². The molecule has 4 aliphatic rings. The maximum Gasteiger partial charge on any atom is 0.223 e. The van der Waals surface area contributed by atoms with E-state index in [2.05, 4.69) is 29.5 Å². The summed E-state index contributed by atoms with van der Waals surface area (Å²) in [7, 11) is 0. The number of carbonyl (C=O) groups is 2. The highest BCUT2D eigenvalue weighted by molar-refractivity contribution is 7.97. The van der Waals surface area contributed by atoms with Gasteiger partial charge in [-0.3, -0.25) is 13.9 Å². The standard InChI is InChI=1S/C42H51F3N8O2S/c1-26(2)53-27(3)47-40-35(44)16-29(18-38(40)53)39-36(45)20-46-41(49-39)48-32-6-14-52(15-7-32)56-33-8-12-50(13-9-33)21-28-4-10-42(11-5-28)24-51(25-42)37-19-31(23-55)30(22-54)17-34(37)43/h16-20,22-23,26,28,32-33H,4-15,21,24-25H2,1-3H3,(H,46,48,49). The second-order valence-corrected chi connectivity index (χ2v) is 18.2. The highest BCUT2D eigenvalue weighted by atomic mass is 32.2. The van der Waals surface area contributed by atoms with Gasteiger partial charge in [-0.15, -0.1) is 0 Å². The van der Waals surface area contributed by atoms with E-state index in [4.69, 9.17) is 0 Å². The number of aldehydes is 2. The van der Waals surface area contributed by atoms with Gasteiger partial charge in [0.25, 0.3) is 0 Å². The van der Waals surface area contributed by atoms with Crippen molar-refractivity contribution < 1.29 is 22.8 Å². The first-order chi connectivity index (χ1) is 27.0. The van der Waals surface area contributed by atoms with Crippen LogP contribution in [-0.2, 0) is 0 Å². The minimum Gasteiger partial charge on any atom is -0.368 e. The third-order valence-electron chi connectivity index (χ3n) is 12.6. The van der Waals surface area contributed by atoms with Crippen molar-refractivity contribution in [3.05, 3.63) is 64.9 Å². The Hall–Kier alpha value is -4.01. The molecule has 10 nitrogen and oxygen atoms in total. The number of likely N-dealkylation sites (tertiary alicyclic amines) is 1. The van der Waals surface area contributed by atoms with Gasteiger partial charge in [-0.05, 0) is 115 Å². The van der Waals surface area contributed by atoms with Crippen molar-refractivity contribution in [1.29, 1.82) is 0 Å². The Balaban J connectivity index is 0.763. The van der Waals surface area contributed by atoms with Crippen LogP contribution in [0.4, 0.5) is 24.8 Å². The zero-order valence-corrected chi connectivity index (χ0v) is 33.3. The van der Waals surface area contributed by atoms with Crippen LogP contribution in [0.2, 0.25) is 0 Å². The topological polar surface area (TPSA) is 99.5 Å². The second kappa shape index (κ2) is 16.1. The SMILES string of the molecule is Cc1nc2c(F)cc(-c3nc(NC4CCN(SC5CCN(CC6CCC7(CC6)CN(c6cc(C=O)c(C=O)cc6F)C7)CC5)CC4)ncc3F)cc2n1C(C)C. The molecular formula is C42H51F3N8O2S. The number of aromatic nitrogens is 4. The van der Waals surface area contributed by atoms with E-state index in [1.54, 1.807) is 6.07 Å². The van der Waals surface area contributed by atoms with Gasteiger partial charge in [0.05, 0.1) is 17.4 Å². The average Bonchev–Trinajstić information content (AvgIpc) is 3.53. The van der Waals surface area contributed by atoms with Gasteiger partial charge in [0, 0.05) is 72.2 Å². The number of nitrogens with zero attached hydrogens (tertiary/aromatic N) is 7. The summed E-state index contributed by atoms with van der Waals surface area (Å²) in [5, 5.41) is 4.04. The number of halogens is 3. The summed E-state index contributed by atoms with van der Waals surface area (Å²) in [4.78, 5) is 40.4. The molecule has 1 N–H and O–H groups in total. The van der Waals surface area contributed by atoms with Crippen LogP contribution < -0.4 is 10.2 Å². The Bertz CT molecular complexity index is 2080. The zero-order valence-electron chi connectivity index (χ0n) is 32.4. The van der Waals surface area contributed by atoms with Crippen LogP contribution in [0.1, 0.15) is 97.8 Å². The molecule has 0 bridgehead atoms. The fraction of sp³-hybridized carbons (Fsp3) is 0.548. The van der Waals surface area contributed by atoms with Gasteiger partial charge in [0.1, 0.15) is 22.9 Å². The third-order valence-corrected chi connectivity index (χ3v) is 14.0. The van der Waals surface area contributed by atoms with E-state index >= 15 is 8.78 Å². The van der Waals surface area contributed by atoms with Gasteiger partial charge in [-0.1, -0.05) is 11.9 Å². The van der Waals surface area contributed by atoms with E-state index in [1.165, 1.54) is 43.9 Å². The largest absolute Gasteiger partial charge is 0.368 e. The second-order valence-electron chi connectivity index (χ2n) is 16.8. The number of carbonyl (C=O) groups excluding carboxylic acids is 2. The highest BCUT2D eigenvalue weighted by Gasteiger charge is 2.46. The van der Waals surface area contributed by atoms with Crippen LogP contribution in [-0.4, -0.2) is 98.4 Å². The van der Waals surface area contributed by atoms with Gasteiger partial charge in [-0.25, -0.2) is 28.1 Å². The van der Waals surface area contributed by atoms with E-state index in [-0.39, 0.29) is 39.8 Å². The van der Waals surface area contributed by atoms with Gasteiger partial charge >= 0.3 is 0 Å². The molecule has 2 aromatic carbocycles. The molecule has 1 spiro atoms. The molecule has 2 aromatic heterocycles. The van der Waals surface area contributed by atoms with Crippen LogP contribution >= 0.6 is 11.9 Å². The number of imidazole rings is 1. The van der Waals surface area contributed by atoms with Crippen molar-refractivity contribution >= 4 is 47.2 Å². The van der Waals surface area contributed by atoms with Crippen LogP contribution in [0.25, 0.3) is 22.3 Å². The molecule has 3 aliphatic heterocycles. The number of piperidine rings is 2. The summed E-state index contributed by atoms with van der Waals surface area (Å²) in [5.41, 5.74) is 2.32. The van der Waals surface area contributed by atoms with E-state index in [1.807, 2.05) is 42.2 Å². The van der Waals surface area contributed by atoms with Crippen molar-refractivity contribution in [2.24, 2.45) is 11.3 Å². The normalized spacial score (nSPS) is 20.2. The number of rotatable bonds is 11. The van der Waals surface area contributed by atoms with Gasteiger partial charge in [-0.2, -0.15) is 0 Å². The highest BCUT2D eigenvalue weighted by Crippen LogP contribution is 2.48. The monoisotopic (exact) mass is 788 g/mol. The summed E-state index contributed by atoms with van der Waals surface area (Å²) >= 11 is 2.01. The fourth-order valence-corrected chi connectivity index (χ4v) is 10.8. The molecule has 1 aliphatic carbocycles. The molecule has 8 rings (SSSR count). The number of benzene rings is 2. The molecule has 56 heavy (non-hydrogen) atoms. The molecule has 0 unspecified atom stereocenters. The Morgan fingerprint density at radius 3 is 2.25 bits per heavy atom. The first-order valence-electron chi connectivity index (χ1n) is 20.1. The molecule has 1 saturated carbocycles. The van der Waals surface area contributed by atoms with Crippen LogP contribution in [0.15, 0.2) is 30.5 Å². The zero-order chi connectivity index (χ0) is 39.1. The quantitative estimate of drug-likeness (QED) is 0.119. The van der Waals surface area contributed by atoms with Gasteiger partial charge in [0.2, 0.25) is 5.95 Å². The molecule has 5 heterocycles. The first kappa shape index (κ1) is 38.8. The first-order valence-corrected chi connectivity index (χ1v) is 21.0. The van der Waals surface area contributed by atoms with Crippen molar-refractivity contribution in [3.63, 3.8) is 0 Å². The predicted octanol–water partition coefficient (Wildman–Crippen LogP) is 8.11. The Labute approximate surface area is 330 Å². The third kappa shape index (κ3) is 7.93. The summed E-state index contributed by atoms with van der Waals surface area (Å²) in [6.45, 7) is 12.8. The Morgan fingerprint density at radius 2 is 1.57 bits per heavy atom. The van der Waals surface area contributed by atoms with Gasteiger partial charge < -0.3 is 19.7 Å². The van der Waals surface area contributed by atoms with Crippen molar-refractivity contribution in [2.45, 2.75) is 89.5 Å². The fourth-order valence-electron chi connectivity index (χ4n) is 9.52. The van der Waals surface area contributed by atoms with Crippen LogP contribution in [0.3, 0.4) is 0 Å². The Morgan fingerprint density at radius 1 is 0.875 bits per heavy atom. The molecule has 14 heteroatoms. The number of aryl methyl sites for hydroxylation is 1. The summed E-state index contributed by atoms with van der Waals surface area (Å²) in [6, 6.07) is 6.00. The minimum atomic E-state index is -0.595. The maximum absolute atomic E-state index is 15.2. The van der Waals surface area contributed by atoms with E-state index < -0.39 is 17.5 Å². The average molecular weight is 789 g/mol. The molecule has 298 valence electrons. The molecule has 3 saturated heterocycles. The number of nitrogens with one attached hydrogen (secondary N) is 1. The molecule has 0 radical (unpaired) electrons. The van der Waals surface area contributed by atoms with E-state index in [0.29, 0.717) is 52.3 Å². The van der Waals surface area contributed by atoms with Gasteiger partial charge in [0.15, 0.2) is 24.2 Å². The molecular weight excluding hydrogens is 738 g/mol. The van der Waals surface area contributed by atoms with Crippen molar-refractivity contribution in [1.82, 2.24) is 28.7 Å². The predicted molar refractivity (Wildman–Crippen MR) is 215 cm³/mol. The number of anilines is 2. The minimum absolute atomic E-state index is 0.0705. The maximum atomic E-state index is 15.2. The van der Waals surface area contributed by atoms with Crippen LogP contribution in [0.5, 0.6) is 0 Å². The Kier molecular flexibility index (Phi) is 11.2. The lowest BCUT2D eigenvalue weighted by Gasteiger charge is -2.55. The number of hydrogen-bond acceptors (Lipinski definition) is 10. The summed E-state index contributed by atoms with van der Waals surface area (Å²) < 4.78 is 49.4. The lowest BCUT2D eigenvalue weighted by Crippen LogP contribution is -2.58. The molecule has 0 amide bonds. The summed E-state index contributed by atoms with van der Waals surface area (Å²) in [6.07, 6.45) is 11.2. The van der Waals surface area contributed by atoms with Crippen molar-refractivity contribution in [2.75, 3.05) is 56.0 Å². The lowest BCUT2D eigenvalue weighted by molar-refractivity contribution is 0.0857. The lowest BCUT2D eigenvalue weighted by atomic mass is 9.65. The molecule has 4 fully saturated rings. The number of fused-ring (bicyclic) bond motifs is 1. The van der Waals surface area contributed by atoms with Crippen LogP contribution in [0, 0.1) is 35.7 Å².